The number of Topliss-reactive ketones (excluding diaryl/α,β-unsaturated/α-hetero) is 1. The zero-order chi connectivity index (χ0) is 31.3. The molecule has 0 spiro atoms. The minimum Gasteiger partial charge on any atom is -0.469 e. The first kappa shape index (κ1) is 33.4. The maximum Gasteiger partial charge on any atom is 0.315 e. The number of carbonyl (C=O) groups is 3. The third-order valence-corrected chi connectivity index (χ3v) is 5.97. The van der Waals surface area contributed by atoms with Crippen LogP contribution in [0.5, 0.6) is 0 Å². The van der Waals surface area contributed by atoms with E-state index in [-0.39, 0.29) is 18.7 Å². The number of nitrogens with two attached hydrogens (primary N) is 1. The quantitative estimate of drug-likeness (QED) is 0.145. The lowest BCUT2D eigenvalue weighted by Crippen LogP contribution is -2.19. The number of esters is 1. The van der Waals surface area contributed by atoms with Crippen molar-refractivity contribution in [3.8, 4) is 11.4 Å². The number of ether oxygens (including phenoxy) is 1. The number of allylic oxidation sites excluding steroid dienone is 6. The second kappa shape index (κ2) is 15.8. The summed E-state index contributed by atoms with van der Waals surface area (Å²) in [5, 5.41) is 5.71. The summed E-state index contributed by atoms with van der Waals surface area (Å²) < 4.78 is 28.0. The van der Waals surface area contributed by atoms with Gasteiger partial charge in [-0.25, -0.2) is 18.7 Å². The summed E-state index contributed by atoms with van der Waals surface area (Å²) in [5.41, 5.74) is 10.0. The molecule has 224 valence electrons. The molecule has 1 atom stereocenters. The van der Waals surface area contributed by atoms with Crippen LogP contribution in [0.2, 0.25) is 0 Å². The number of anilines is 1. The van der Waals surface area contributed by atoms with Crippen LogP contribution in [0.15, 0.2) is 77.2 Å². The van der Waals surface area contributed by atoms with E-state index in [1.807, 2.05) is 19.9 Å². The van der Waals surface area contributed by atoms with E-state index in [1.165, 1.54) is 0 Å². The molecule has 0 aliphatic heterocycles. The molecule has 1 amide bonds. The molecule has 1 fully saturated rings. The molecule has 1 saturated carbocycles. The third-order valence-electron chi connectivity index (χ3n) is 5.97. The van der Waals surface area contributed by atoms with E-state index in [4.69, 9.17) is 5.73 Å². The van der Waals surface area contributed by atoms with Gasteiger partial charge in [-0.2, -0.15) is 0 Å². The van der Waals surface area contributed by atoms with Gasteiger partial charge in [0, 0.05) is 48.5 Å². The first-order valence-electron chi connectivity index (χ1n) is 13.0. The second-order valence-electron chi connectivity index (χ2n) is 9.23. The van der Waals surface area contributed by atoms with Crippen LogP contribution in [0.1, 0.15) is 40.5 Å². The predicted octanol–water partition coefficient (Wildman–Crippen LogP) is 3.89. The van der Waals surface area contributed by atoms with Gasteiger partial charge < -0.3 is 21.1 Å². The number of rotatable bonds is 12. The highest BCUT2D eigenvalue weighted by atomic mass is 19.3. The molecule has 11 nitrogen and oxygen atoms in total. The molecule has 1 unspecified atom stereocenters. The van der Waals surface area contributed by atoms with Gasteiger partial charge in [-0.15, -0.1) is 0 Å². The Balaban J connectivity index is 0.000000581. The number of alkyl halides is 2. The van der Waals surface area contributed by atoms with Crippen molar-refractivity contribution in [2.45, 2.75) is 46.5 Å². The van der Waals surface area contributed by atoms with Gasteiger partial charge in [0.05, 0.1) is 19.0 Å². The molecule has 2 heterocycles. The van der Waals surface area contributed by atoms with Crippen LogP contribution in [-0.4, -0.2) is 57.7 Å². The first-order valence-corrected chi connectivity index (χ1v) is 13.0. The highest BCUT2D eigenvalue weighted by Crippen LogP contribution is 2.49. The van der Waals surface area contributed by atoms with Gasteiger partial charge in [-0.05, 0) is 50.5 Å². The Morgan fingerprint density at radius 1 is 1.12 bits per heavy atom. The molecule has 0 saturated heterocycles. The van der Waals surface area contributed by atoms with Crippen molar-refractivity contribution < 1.29 is 27.9 Å². The van der Waals surface area contributed by atoms with Crippen molar-refractivity contribution in [2.75, 3.05) is 19.0 Å². The summed E-state index contributed by atoms with van der Waals surface area (Å²) >= 11 is 0. The fraction of sp³-hybridized carbons (Fsp3) is 0.345. The van der Waals surface area contributed by atoms with Gasteiger partial charge in [-0.3, -0.25) is 24.4 Å². The first-order chi connectivity index (χ1) is 19.9. The topological polar surface area (TPSA) is 162 Å². The van der Waals surface area contributed by atoms with Crippen LogP contribution in [0.25, 0.3) is 11.4 Å². The Morgan fingerprint density at radius 3 is 2.36 bits per heavy atom. The minimum atomic E-state index is -2.78. The zero-order valence-corrected chi connectivity index (χ0v) is 24.1. The number of amides is 1. The van der Waals surface area contributed by atoms with Crippen molar-refractivity contribution >= 4 is 24.1 Å². The number of hydrogen-bond acceptors (Lipinski definition) is 10. The summed E-state index contributed by atoms with van der Waals surface area (Å²) in [7, 11) is 1.11. The maximum atomic E-state index is 13.0. The van der Waals surface area contributed by atoms with Crippen LogP contribution in [0.3, 0.4) is 0 Å². The summed E-state index contributed by atoms with van der Waals surface area (Å²) in [6, 6.07) is 1.73. The molecular formula is C29H35F2N7O4. The van der Waals surface area contributed by atoms with E-state index in [1.54, 1.807) is 56.9 Å². The molecule has 1 aliphatic carbocycles. The number of ketones is 1. The summed E-state index contributed by atoms with van der Waals surface area (Å²) in [5.74, 6) is -4.63. The normalized spacial score (nSPS) is 16.7. The number of methoxy groups -OCH3 is 1. The Bertz CT molecular complexity index is 1390. The molecule has 2 aromatic heterocycles. The lowest BCUT2D eigenvalue weighted by atomic mass is 10.0. The molecule has 1 aliphatic rings. The molecule has 4 N–H and O–H groups in total. The number of nitrogens with one attached hydrogen (secondary N) is 2. The lowest BCUT2D eigenvalue weighted by molar-refractivity contribution is -0.144. The average Bonchev–Trinajstić information content (AvgIpc) is 3.63. The molecule has 2 aromatic rings. The van der Waals surface area contributed by atoms with Crippen LogP contribution < -0.4 is 16.4 Å². The van der Waals surface area contributed by atoms with Gasteiger partial charge in [-0.1, -0.05) is 19.1 Å². The summed E-state index contributed by atoms with van der Waals surface area (Å²) in [4.78, 5) is 51.1. The van der Waals surface area contributed by atoms with Crippen molar-refractivity contribution in [1.29, 1.82) is 0 Å². The zero-order valence-electron chi connectivity index (χ0n) is 24.1. The van der Waals surface area contributed by atoms with E-state index in [0.29, 0.717) is 46.3 Å². The Kier molecular flexibility index (Phi) is 12.6. The fourth-order valence-electron chi connectivity index (χ4n) is 3.49. The standard InChI is InChI=1S/C24H29N7O2.C5H6F2O2/c1-5-6-16(2)20(30-15-32)8-7-17(3)23(33)19(18(4)25)13-29-24-28-10-9-21(31-24)22-14-26-11-12-27-22;1-9-4(8)3-2-5(3,6)7/h6-12,14-15H,5,13,25H2,1-4H3,(H,30,32)(H,28,29,31);3H,2H2,1H3/b16-6+,17-7+,19-18-,20-8+;. The van der Waals surface area contributed by atoms with Gasteiger partial charge in [0.2, 0.25) is 12.4 Å². The highest BCUT2D eigenvalue weighted by Gasteiger charge is 2.62. The minimum absolute atomic E-state index is 0.147. The molecule has 0 aromatic carbocycles. The van der Waals surface area contributed by atoms with Gasteiger partial charge in [0.1, 0.15) is 11.6 Å². The van der Waals surface area contributed by atoms with E-state index in [2.05, 4.69) is 35.3 Å². The van der Waals surface area contributed by atoms with E-state index in [9.17, 15) is 23.2 Å². The molecule has 42 heavy (non-hydrogen) atoms. The average molecular weight is 584 g/mol. The number of nitrogens with zero attached hydrogens (tertiary/aromatic N) is 4. The largest absolute Gasteiger partial charge is 0.469 e. The monoisotopic (exact) mass is 583 g/mol. The predicted molar refractivity (Wildman–Crippen MR) is 154 cm³/mol. The van der Waals surface area contributed by atoms with Crippen molar-refractivity contribution in [1.82, 2.24) is 25.3 Å². The molecule has 0 bridgehead atoms. The number of halogens is 2. The molecule has 0 radical (unpaired) electrons. The van der Waals surface area contributed by atoms with Crippen LogP contribution in [-0.2, 0) is 19.1 Å². The van der Waals surface area contributed by atoms with E-state index >= 15 is 0 Å². The lowest BCUT2D eigenvalue weighted by Gasteiger charge is -2.11. The molecule has 3 rings (SSSR count). The van der Waals surface area contributed by atoms with Crippen molar-refractivity contribution in [2.24, 2.45) is 11.7 Å². The molecule has 13 heteroatoms. The SMILES string of the molecule is CC/C=C(C)/C(=C\C=C(/C)C(=O)/C(CNc1nccc(-c2cnccn2)n1)=C(/C)N)NC=O.COC(=O)C1CC1(F)F. The Morgan fingerprint density at radius 2 is 1.83 bits per heavy atom. The van der Waals surface area contributed by atoms with E-state index < -0.39 is 17.8 Å². The van der Waals surface area contributed by atoms with Crippen molar-refractivity contribution in [3.05, 3.63) is 77.2 Å². The summed E-state index contributed by atoms with van der Waals surface area (Å²) in [6.07, 6.45) is 12.8. The second-order valence-corrected chi connectivity index (χ2v) is 9.23. The Labute approximate surface area is 243 Å². The van der Waals surface area contributed by atoms with Gasteiger partial charge in [0.25, 0.3) is 5.92 Å². The maximum absolute atomic E-state index is 13.0. The highest BCUT2D eigenvalue weighted by molar-refractivity contribution is 6.08. The smallest absolute Gasteiger partial charge is 0.315 e. The van der Waals surface area contributed by atoms with Crippen molar-refractivity contribution in [3.63, 3.8) is 0 Å². The van der Waals surface area contributed by atoms with Crippen LogP contribution >= 0.6 is 0 Å². The third kappa shape index (κ3) is 9.98. The van der Waals surface area contributed by atoms with Gasteiger partial charge in [0.15, 0.2) is 5.78 Å². The number of aromatic nitrogens is 4. The molecular weight excluding hydrogens is 548 g/mol. The number of hydrogen-bond donors (Lipinski definition) is 3. The van der Waals surface area contributed by atoms with E-state index in [0.717, 1.165) is 19.1 Å². The van der Waals surface area contributed by atoms with Crippen LogP contribution in [0.4, 0.5) is 14.7 Å². The van der Waals surface area contributed by atoms with Crippen LogP contribution in [0, 0.1) is 5.92 Å². The summed E-state index contributed by atoms with van der Waals surface area (Å²) in [6.45, 7) is 7.42. The fourth-order valence-corrected chi connectivity index (χ4v) is 3.49. The Hall–Kier alpha value is -4.81. The number of carbonyl (C=O) groups excluding carboxylic acids is 3. The van der Waals surface area contributed by atoms with Gasteiger partial charge >= 0.3 is 5.97 Å².